The lowest BCUT2D eigenvalue weighted by atomic mass is 10.0. The molecule has 0 saturated carbocycles. The molecule has 0 saturated heterocycles. The van der Waals surface area contributed by atoms with E-state index >= 15 is 0 Å². The summed E-state index contributed by atoms with van der Waals surface area (Å²) in [6.45, 7) is 0. The minimum absolute atomic E-state index is 0.201. The van der Waals surface area contributed by atoms with Crippen LogP contribution in [0.15, 0.2) is 33.4 Å². The summed E-state index contributed by atoms with van der Waals surface area (Å²) in [6.07, 6.45) is 0.950. The lowest BCUT2D eigenvalue weighted by Crippen LogP contribution is -2.27. The summed E-state index contributed by atoms with van der Waals surface area (Å²) in [5.74, 6) is 0.740. The fourth-order valence-corrected chi connectivity index (χ4v) is 4.77. The zero-order valence-corrected chi connectivity index (χ0v) is 13.5. The van der Waals surface area contributed by atoms with Crippen molar-refractivity contribution in [2.24, 2.45) is 0 Å². The molecule has 5 nitrogen and oxygen atoms in total. The number of anilines is 1. The normalized spacial score (nSPS) is 21.4. The maximum Gasteiger partial charge on any atom is 0.244 e. The van der Waals surface area contributed by atoms with Crippen LogP contribution in [0.5, 0.6) is 0 Å². The highest BCUT2D eigenvalue weighted by molar-refractivity contribution is 9.11. The number of rotatable bonds is 2. The number of nitrogens with one attached hydrogen (secondary N) is 1. The van der Waals surface area contributed by atoms with Gasteiger partial charge in [0.05, 0.1) is 15.9 Å². The van der Waals surface area contributed by atoms with Gasteiger partial charge in [-0.05, 0) is 49.9 Å². The van der Waals surface area contributed by atoms with Crippen molar-refractivity contribution in [1.82, 2.24) is 20.2 Å². The van der Waals surface area contributed by atoms with Crippen molar-refractivity contribution < 1.29 is 0 Å². The van der Waals surface area contributed by atoms with E-state index in [1.807, 2.05) is 4.68 Å². The van der Waals surface area contributed by atoms with Gasteiger partial charge in [0.15, 0.2) is 0 Å². The predicted octanol–water partition coefficient (Wildman–Crippen LogP) is 3.70. The molecule has 102 valence electrons. The fraction of sp³-hybridized carbons (Fsp3) is 0.250. The van der Waals surface area contributed by atoms with Crippen LogP contribution in [0.1, 0.15) is 28.3 Å². The third-order valence-electron chi connectivity index (χ3n) is 3.36. The minimum atomic E-state index is 0.201. The Balaban J connectivity index is 1.74. The third-order valence-corrected chi connectivity index (χ3v) is 6.07. The Kier molecular flexibility index (Phi) is 3.08. The van der Waals surface area contributed by atoms with Crippen molar-refractivity contribution in [3.63, 3.8) is 0 Å². The van der Waals surface area contributed by atoms with Gasteiger partial charge in [-0.15, -0.1) is 22.7 Å². The monoisotopic (exact) mass is 367 g/mol. The molecule has 20 heavy (non-hydrogen) atoms. The average Bonchev–Trinajstić information content (AvgIpc) is 3.18. The molecule has 0 amide bonds. The second kappa shape index (κ2) is 4.94. The Morgan fingerprint density at radius 1 is 1.30 bits per heavy atom. The third kappa shape index (κ3) is 2.07. The Labute approximate surface area is 131 Å². The first-order chi connectivity index (χ1) is 9.81. The molecular formula is C12H10BrN5S2. The molecule has 0 bridgehead atoms. The topological polar surface area (TPSA) is 55.6 Å². The zero-order chi connectivity index (χ0) is 13.5. The summed E-state index contributed by atoms with van der Waals surface area (Å²) in [4.78, 5) is 2.59. The molecule has 0 spiro atoms. The number of tetrazole rings is 1. The number of halogens is 1. The number of fused-ring (bicyclic) bond motifs is 1. The second-order valence-corrected chi connectivity index (χ2v) is 8.03. The number of thiophene rings is 2. The van der Waals surface area contributed by atoms with Crippen LogP contribution >= 0.6 is 38.6 Å². The molecule has 4 rings (SSSR count). The van der Waals surface area contributed by atoms with Crippen LogP contribution in [-0.4, -0.2) is 20.2 Å². The molecule has 0 aliphatic carbocycles. The largest absolute Gasteiger partial charge is 0.345 e. The quantitative estimate of drug-likeness (QED) is 0.749. The molecule has 8 heteroatoms. The Bertz CT molecular complexity index is 720. The Hall–Kier alpha value is -1.25. The summed E-state index contributed by atoms with van der Waals surface area (Å²) in [7, 11) is 0. The molecule has 1 N–H and O–H groups in total. The van der Waals surface area contributed by atoms with E-state index in [9.17, 15) is 0 Å². The van der Waals surface area contributed by atoms with Crippen LogP contribution in [0, 0.1) is 0 Å². The van der Waals surface area contributed by atoms with E-state index in [-0.39, 0.29) is 12.1 Å². The summed E-state index contributed by atoms with van der Waals surface area (Å²) in [6, 6.07) is 8.90. The molecule has 0 fully saturated rings. The lowest BCUT2D eigenvalue weighted by Gasteiger charge is -2.29. The van der Waals surface area contributed by atoms with Gasteiger partial charge in [-0.2, -0.15) is 0 Å². The van der Waals surface area contributed by atoms with Crippen molar-refractivity contribution in [3.05, 3.63) is 43.2 Å². The van der Waals surface area contributed by atoms with Crippen LogP contribution in [0.4, 0.5) is 5.95 Å². The first kappa shape index (κ1) is 12.5. The van der Waals surface area contributed by atoms with Crippen molar-refractivity contribution in [1.29, 1.82) is 0 Å². The van der Waals surface area contributed by atoms with E-state index in [4.69, 9.17) is 0 Å². The molecule has 1 aliphatic heterocycles. The van der Waals surface area contributed by atoms with E-state index in [0.717, 1.165) is 16.2 Å². The minimum Gasteiger partial charge on any atom is -0.345 e. The number of hydrogen-bond acceptors (Lipinski definition) is 6. The van der Waals surface area contributed by atoms with Gasteiger partial charge in [0.25, 0.3) is 0 Å². The van der Waals surface area contributed by atoms with Crippen molar-refractivity contribution in [2.75, 3.05) is 5.32 Å². The van der Waals surface area contributed by atoms with Gasteiger partial charge in [0.2, 0.25) is 5.95 Å². The van der Waals surface area contributed by atoms with Crippen molar-refractivity contribution in [2.45, 2.75) is 18.5 Å². The van der Waals surface area contributed by atoms with E-state index in [1.165, 1.54) is 9.75 Å². The van der Waals surface area contributed by atoms with E-state index in [0.29, 0.717) is 0 Å². The van der Waals surface area contributed by atoms with E-state index in [1.54, 1.807) is 22.7 Å². The average molecular weight is 368 g/mol. The van der Waals surface area contributed by atoms with Crippen LogP contribution in [0.25, 0.3) is 0 Å². The Morgan fingerprint density at radius 3 is 3.00 bits per heavy atom. The van der Waals surface area contributed by atoms with Gasteiger partial charge >= 0.3 is 0 Å². The van der Waals surface area contributed by atoms with E-state index in [2.05, 4.69) is 66.4 Å². The SMILES string of the molecule is Brc1ccc(C2CC(c3cccs3)n3nnnc3N2)s1. The molecule has 2 unspecified atom stereocenters. The first-order valence-electron chi connectivity index (χ1n) is 6.14. The Morgan fingerprint density at radius 2 is 2.25 bits per heavy atom. The molecule has 3 aromatic rings. The summed E-state index contributed by atoms with van der Waals surface area (Å²) in [5, 5.41) is 17.5. The number of hydrogen-bond donors (Lipinski definition) is 1. The van der Waals surface area contributed by atoms with E-state index < -0.39 is 0 Å². The molecule has 2 atom stereocenters. The highest BCUT2D eigenvalue weighted by Crippen LogP contribution is 2.40. The molecule has 0 aromatic carbocycles. The van der Waals surface area contributed by atoms with Crippen molar-refractivity contribution in [3.8, 4) is 0 Å². The molecule has 1 aliphatic rings. The highest BCUT2D eigenvalue weighted by atomic mass is 79.9. The molecule has 4 heterocycles. The summed E-state index contributed by atoms with van der Waals surface area (Å²) in [5.41, 5.74) is 0. The molecule has 0 radical (unpaired) electrons. The zero-order valence-electron chi connectivity index (χ0n) is 10.2. The first-order valence-corrected chi connectivity index (χ1v) is 8.63. The van der Waals surface area contributed by atoms with Gasteiger partial charge in [0.1, 0.15) is 0 Å². The smallest absolute Gasteiger partial charge is 0.244 e. The predicted molar refractivity (Wildman–Crippen MR) is 83.3 cm³/mol. The fourth-order valence-electron chi connectivity index (χ4n) is 2.46. The van der Waals surface area contributed by atoms with Crippen LogP contribution in [-0.2, 0) is 0 Å². The maximum atomic E-state index is 4.12. The molecular weight excluding hydrogens is 358 g/mol. The highest BCUT2D eigenvalue weighted by Gasteiger charge is 2.31. The summed E-state index contributed by atoms with van der Waals surface area (Å²) >= 11 is 7.02. The van der Waals surface area contributed by atoms with Gasteiger partial charge in [-0.3, -0.25) is 0 Å². The van der Waals surface area contributed by atoms with Gasteiger partial charge in [-0.25, -0.2) is 4.68 Å². The van der Waals surface area contributed by atoms with Gasteiger partial charge in [-0.1, -0.05) is 11.2 Å². The summed E-state index contributed by atoms with van der Waals surface area (Å²) < 4.78 is 3.03. The number of aromatic nitrogens is 4. The van der Waals surface area contributed by atoms with Crippen LogP contribution < -0.4 is 5.32 Å². The number of nitrogens with zero attached hydrogens (tertiary/aromatic N) is 4. The molecule has 3 aromatic heterocycles. The lowest BCUT2D eigenvalue weighted by molar-refractivity contribution is 0.431. The standard InChI is InChI=1S/C12H10BrN5S2/c13-11-4-3-9(20-11)7-6-8(10-2-1-5-19-10)18-12(14-7)15-16-17-18/h1-5,7-8H,6H2,(H,14,15,17). The van der Waals surface area contributed by atoms with Gasteiger partial charge < -0.3 is 5.32 Å². The van der Waals surface area contributed by atoms with Crippen LogP contribution in [0.3, 0.4) is 0 Å². The second-order valence-electron chi connectivity index (χ2n) is 4.55. The van der Waals surface area contributed by atoms with Crippen LogP contribution in [0.2, 0.25) is 0 Å². The maximum absolute atomic E-state index is 4.12. The van der Waals surface area contributed by atoms with Crippen molar-refractivity contribution >= 4 is 44.6 Å². The van der Waals surface area contributed by atoms with Gasteiger partial charge in [0, 0.05) is 16.2 Å².